The van der Waals surface area contributed by atoms with Crippen LogP contribution < -0.4 is 16.0 Å². The number of carbonyl (C=O) groups excluding carboxylic acids is 4. The van der Waals surface area contributed by atoms with Crippen molar-refractivity contribution in [3.8, 4) is 0 Å². The Morgan fingerprint density at radius 2 is 2.06 bits per heavy atom. The van der Waals surface area contributed by atoms with E-state index in [0.29, 0.717) is 0 Å². The monoisotopic (exact) mass is 478 g/mol. The Morgan fingerprint density at radius 3 is 2.61 bits per heavy atom. The summed E-state index contributed by atoms with van der Waals surface area (Å²) in [6, 6.07) is -2.20. The Bertz CT molecular complexity index is 968. The summed E-state index contributed by atoms with van der Waals surface area (Å²) in [6.07, 6.45) is 4.08. The van der Waals surface area contributed by atoms with Crippen molar-refractivity contribution in [1.29, 1.82) is 0 Å². The third-order valence-corrected chi connectivity index (χ3v) is 6.72. The van der Waals surface area contributed by atoms with Crippen LogP contribution in [0.1, 0.15) is 37.7 Å². The molecule has 2 aliphatic heterocycles. The van der Waals surface area contributed by atoms with Crippen molar-refractivity contribution in [1.82, 2.24) is 30.8 Å². The van der Waals surface area contributed by atoms with Gasteiger partial charge in [-0.25, -0.2) is 9.78 Å². The van der Waals surface area contributed by atoms with Crippen LogP contribution in [0.5, 0.6) is 0 Å². The van der Waals surface area contributed by atoms with Crippen LogP contribution in [0.25, 0.3) is 0 Å². The molecule has 3 heterocycles. The third-order valence-electron chi connectivity index (χ3n) is 5.36. The van der Waals surface area contributed by atoms with Crippen molar-refractivity contribution >= 4 is 41.4 Å². The molecule has 2 fully saturated rings. The Labute approximate surface area is 194 Å². The van der Waals surface area contributed by atoms with E-state index in [2.05, 4.69) is 25.9 Å². The predicted octanol–water partition coefficient (Wildman–Crippen LogP) is -1.02. The summed E-state index contributed by atoms with van der Waals surface area (Å²) in [5, 5.41) is 17.5. The topological polar surface area (TPSA) is 171 Å². The standard InChI is InChI=1S/C20H26N6O6S/c1-19(2,3)15(24-13(27)8-23-16(29)11-7-21-4-5-22-11)17(30)26-10-20(6-12(26)18(31)32)25-14(28)9-33-20/h4-5,7,12,15H,6,8-10H2,1-3H3,(H,23,29)(H,24,27)(H,25,28)(H,31,32). The lowest BCUT2D eigenvalue weighted by molar-refractivity contribution is -0.150. The van der Waals surface area contributed by atoms with Crippen LogP contribution >= 0.6 is 11.8 Å². The number of amides is 4. The number of carboxylic acid groups (broad SMARTS) is 1. The normalized spacial score (nSPS) is 23.2. The number of thioether (sulfide) groups is 1. The molecule has 33 heavy (non-hydrogen) atoms. The Hall–Kier alpha value is -3.22. The Kier molecular flexibility index (Phi) is 6.91. The molecule has 1 aromatic rings. The molecule has 1 spiro atoms. The van der Waals surface area contributed by atoms with Gasteiger partial charge in [0.05, 0.1) is 25.0 Å². The zero-order chi connectivity index (χ0) is 24.4. The van der Waals surface area contributed by atoms with Crippen LogP contribution in [-0.2, 0) is 19.2 Å². The molecule has 0 saturated carbocycles. The fourth-order valence-electron chi connectivity index (χ4n) is 3.74. The lowest BCUT2D eigenvalue weighted by Gasteiger charge is -2.35. The van der Waals surface area contributed by atoms with Crippen LogP contribution in [0.2, 0.25) is 0 Å². The van der Waals surface area contributed by atoms with Crippen molar-refractivity contribution in [2.24, 2.45) is 5.41 Å². The van der Waals surface area contributed by atoms with Crippen LogP contribution in [-0.4, -0.2) is 85.4 Å². The van der Waals surface area contributed by atoms with Gasteiger partial charge in [0.1, 0.15) is 22.6 Å². The molecule has 3 atom stereocenters. The largest absolute Gasteiger partial charge is 0.480 e. The summed E-state index contributed by atoms with van der Waals surface area (Å²) in [5.41, 5.74) is -0.719. The summed E-state index contributed by atoms with van der Waals surface area (Å²) in [6.45, 7) is 4.82. The molecule has 1 aromatic heterocycles. The Balaban J connectivity index is 1.70. The minimum Gasteiger partial charge on any atom is -0.480 e. The van der Waals surface area contributed by atoms with E-state index in [1.54, 1.807) is 20.8 Å². The van der Waals surface area contributed by atoms with Crippen molar-refractivity contribution in [3.05, 3.63) is 24.3 Å². The van der Waals surface area contributed by atoms with Gasteiger partial charge in [-0.05, 0) is 5.41 Å². The van der Waals surface area contributed by atoms with E-state index in [9.17, 15) is 29.1 Å². The van der Waals surface area contributed by atoms with E-state index in [4.69, 9.17) is 0 Å². The predicted molar refractivity (Wildman–Crippen MR) is 117 cm³/mol. The molecule has 12 nitrogen and oxygen atoms in total. The molecule has 0 aromatic carbocycles. The number of likely N-dealkylation sites (tertiary alicyclic amines) is 1. The fraction of sp³-hybridized carbons (Fsp3) is 0.550. The molecule has 0 radical (unpaired) electrons. The highest BCUT2D eigenvalue weighted by Gasteiger charge is 2.54. The first-order chi connectivity index (χ1) is 15.4. The molecular formula is C20H26N6O6S. The molecule has 178 valence electrons. The lowest BCUT2D eigenvalue weighted by atomic mass is 9.85. The van der Waals surface area contributed by atoms with Crippen LogP contribution in [0.15, 0.2) is 18.6 Å². The first-order valence-electron chi connectivity index (χ1n) is 10.2. The van der Waals surface area contributed by atoms with E-state index in [0.717, 1.165) is 0 Å². The number of carboxylic acids is 1. The molecule has 3 unspecified atom stereocenters. The number of aliphatic carboxylic acids is 1. The number of hydrogen-bond donors (Lipinski definition) is 4. The van der Waals surface area contributed by atoms with Gasteiger partial charge in [-0.1, -0.05) is 20.8 Å². The number of aromatic nitrogens is 2. The van der Waals surface area contributed by atoms with Crippen LogP contribution in [0.4, 0.5) is 0 Å². The van der Waals surface area contributed by atoms with Gasteiger partial charge in [0.15, 0.2) is 0 Å². The number of carbonyl (C=O) groups is 5. The number of hydrogen-bond acceptors (Lipinski definition) is 8. The second-order valence-electron chi connectivity index (χ2n) is 9.00. The summed E-state index contributed by atoms with van der Waals surface area (Å²) in [4.78, 5) is 69.7. The van der Waals surface area contributed by atoms with Crippen molar-refractivity contribution < 1.29 is 29.1 Å². The molecule has 2 aliphatic rings. The van der Waals surface area contributed by atoms with E-state index >= 15 is 0 Å². The maximum atomic E-state index is 13.4. The van der Waals surface area contributed by atoms with Crippen molar-refractivity contribution in [3.63, 3.8) is 0 Å². The zero-order valence-corrected chi connectivity index (χ0v) is 19.3. The minimum absolute atomic E-state index is 0.0189. The van der Waals surface area contributed by atoms with E-state index in [1.807, 2.05) is 0 Å². The summed E-state index contributed by atoms with van der Waals surface area (Å²) in [7, 11) is 0. The van der Waals surface area contributed by atoms with Gasteiger partial charge >= 0.3 is 5.97 Å². The highest BCUT2D eigenvalue weighted by Crippen LogP contribution is 2.40. The van der Waals surface area contributed by atoms with E-state index in [-0.39, 0.29) is 30.3 Å². The summed E-state index contributed by atoms with van der Waals surface area (Å²) >= 11 is 1.28. The summed E-state index contributed by atoms with van der Waals surface area (Å²) < 4.78 is 0. The van der Waals surface area contributed by atoms with Gasteiger partial charge < -0.3 is 26.0 Å². The van der Waals surface area contributed by atoms with E-state index in [1.165, 1.54) is 35.3 Å². The second-order valence-corrected chi connectivity index (χ2v) is 10.4. The first kappa shape index (κ1) is 24.4. The average molecular weight is 479 g/mol. The summed E-state index contributed by atoms with van der Waals surface area (Å²) in [5.74, 6) is -2.99. The Morgan fingerprint density at radius 1 is 1.33 bits per heavy atom. The molecular weight excluding hydrogens is 452 g/mol. The van der Waals surface area contributed by atoms with Gasteiger partial charge in [0, 0.05) is 18.8 Å². The van der Waals surface area contributed by atoms with Gasteiger partial charge in [-0.15, -0.1) is 11.8 Å². The fourth-order valence-corrected chi connectivity index (χ4v) is 4.92. The number of nitrogens with one attached hydrogen (secondary N) is 3. The zero-order valence-electron chi connectivity index (χ0n) is 18.5. The maximum absolute atomic E-state index is 13.4. The number of nitrogens with zero attached hydrogens (tertiary/aromatic N) is 3. The van der Waals surface area contributed by atoms with Crippen LogP contribution in [0, 0.1) is 5.41 Å². The first-order valence-corrected chi connectivity index (χ1v) is 11.2. The smallest absolute Gasteiger partial charge is 0.326 e. The molecule has 2 saturated heterocycles. The third kappa shape index (κ3) is 5.59. The van der Waals surface area contributed by atoms with Gasteiger partial charge in [-0.2, -0.15) is 0 Å². The highest BCUT2D eigenvalue weighted by molar-refractivity contribution is 8.01. The number of rotatable bonds is 6. The minimum atomic E-state index is -1.18. The molecule has 0 bridgehead atoms. The van der Waals surface area contributed by atoms with Gasteiger partial charge in [-0.3, -0.25) is 24.2 Å². The van der Waals surface area contributed by atoms with Gasteiger partial charge in [0.25, 0.3) is 5.91 Å². The molecule has 4 amide bonds. The van der Waals surface area contributed by atoms with E-state index < -0.39 is 52.6 Å². The van der Waals surface area contributed by atoms with Crippen LogP contribution in [0.3, 0.4) is 0 Å². The highest BCUT2D eigenvalue weighted by atomic mass is 32.2. The quantitative estimate of drug-likeness (QED) is 0.399. The molecule has 4 N–H and O–H groups in total. The SMILES string of the molecule is CC(C)(C)C(NC(=O)CNC(=O)c1cnccn1)C(=O)N1CC2(CC1C(=O)O)NC(=O)CS2. The average Bonchev–Trinajstić information content (AvgIpc) is 3.32. The molecule has 3 rings (SSSR count). The molecule has 13 heteroatoms. The molecule has 0 aliphatic carbocycles. The maximum Gasteiger partial charge on any atom is 0.326 e. The van der Waals surface area contributed by atoms with Gasteiger partial charge in [0.2, 0.25) is 17.7 Å². The lowest BCUT2D eigenvalue weighted by Crippen LogP contribution is -2.58. The second kappa shape index (κ2) is 9.33. The van der Waals surface area contributed by atoms with Crippen molar-refractivity contribution in [2.75, 3.05) is 18.8 Å². The van der Waals surface area contributed by atoms with Crippen molar-refractivity contribution in [2.45, 2.75) is 44.1 Å².